The standard InChI is InChI=1S/C22H24N2O4S/c23-15-18-3-1-17(2-4-18)9-12-24-13-10-22(27,11-14-24)16-29(28)20-7-5-19(6-8-20)21(25)26/h1-8,27H,9-14,16H2,(H,25,26). The molecule has 6 nitrogen and oxygen atoms in total. The molecule has 1 saturated heterocycles. The van der Waals surface area contributed by atoms with Gasteiger partial charge < -0.3 is 15.1 Å². The van der Waals surface area contributed by atoms with E-state index in [1.54, 1.807) is 12.1 Å². The highest BCUT2D eigenvalue weighted by molar-refractivity contribution is 7.85. The fourth-order valence-corrected chi connectivity index (χ4v) is 4.83. The fraction of sp³-hybridized carbons (Fsp3) is 0.364. The van der Waals surface area contributed by atoms with Crippen molar-refractivity contribution >= 4 is 16.8 Å². The van der Waals surface area contributed by atoms with Gasteiger partial charge in [-0.3, -0.25) is 4.21 Å². The van der Waals surface area contributed by atoms with Gasteiger partial charge in [-0.15, -0.1) is 0 Å². The Morgan fingerprint density at radius 1 is 1.10 bits per heavy atom. The van der Waals surface area contributed by atoms with Crippen LogP contribution in [-0.2, 0) is 17.2 Å². The molecule has 1 aliphatic heterocycles. The summed E-state index contributed by atoms with van der Waals surface area (Å²) in [6.45, 7) is 2.35. The van der Waals surface area contributed by atoms with Gasteiger partial charge >= 0.3 is 5.97 Å². The maximum Gasteiger partial charge on any atom is 0.335 e. The lowest BCUT2D eigenvalue weighted by molar-refractivity contribution is -0.00149. The first-order valence-corrected chi connectivity index (χ1v) is 10.9. The lowest BCUT2D eigenvalue weighted by atomic mass is 9.93. The molecular weight excluding hydrogens is 388 g/mol. The number of nitriles is 1. The van der Waals surface area contributed by atoms with E-state index in [-0.39, 0.29) is 11.3 Å². The summed E-state index contributed by atoms with van der Waals surface area (Å²) >= 11 is 0. The SMILES string of the molecule is N#Cc1ccc(CCN2CCC(O)(CS(=O)c3ccc(C(=O)O)cc3)CC2)cc1. The van der Waals surface area contributed by atoms with Crippen molar-refractivity contribution in [1.29, 1.82) is 5.26 Å². The molecule has 0 spiro atoms. The van der Waals surface area contributed by atoms with E-state index in [0.29, 0.717) is 23.3 Å². The van der Waals surface area contributed by atoms with E-state index in [0.717, 1.165) is 26.1 Å². The average molecular weight is 413 g/mol. The Morgan fingerprint density at radius 2 is 1.72 bits per heavy atom. The van der Waals surface area contributed by atoms with E-state index >= 15 is 0 Å². The molecule has 1 fully saturated rings. The second kappa shape index (κ2) is 9.31. The molecule has 2 aromatic rings. The summed E-state index contributed by atoms with van der Waals surface area (Å²) in [5.74, 6) is -0.863. The van der Waals surface area contributed by atoms with Gasteiger partial charge in [0.25, 0.3) is 0 Å². The zero-order valence-corrected chi connectivity index (χ0v) is 16.9. The number of carbonyl (C=O) groups is 1. The molecular formula is C22H24N2O4S. The highest BCUT2D eigenvalue weighted by Crippen LogP contribution is 2.25. The monoisotopic (exact) mass is 412 g/mol. The summed E-state index contributed by atoms with van der Waals surface area (Å²) in [6.07, 6.45) is 1.99. The van der Waals surface area contributed by atoms with Gasteiger partial charge in [-0.25, -0.2) is 4.79 Å². The molecule has 7 heteroatoms. The quantitative estimate of drug-likeness (QED) is 0.724. The van der Waals surface area contributed by atoms with E-state index in [1.165, 1.54) is 17.7 Å². The number of aromatic carboxylic acids is 1. The van der Waals surface area contributed by atoms with Gasteiger partial charge in [-0.2, -0.15) is 5.26 Å². The number of hydrogen-bond donors (Lipinski definition) is 2. The van der Waals surface area contributed by atoms with Crippen LogP contribution in [0.4, 0.5) is 0 Å². The molecule has 2 aromatic carbocycles. The Hall–Kier alpha value is -2.53. The predicted octanol–water partition coefficient (Wildman–Crippen LogP) is 2.43. The number of benzene rings is 2. The first-order chi connectivity index (χ1) is 13.9. The number of hydrogen-bond acceptors (Lipinski definition) is 5. The van der Waals surface area contributed by atoms with Crippen molar-refractivity contribution in [3.05, 3.63) is 65.2 Å². The molecule has 0 radical (unpaired) electrons. The molecule has 2 N–H and O–H groups in total. The Labute approximate surface area is 172 Å². The van der Waals surface area contributed by atoms with Gasteiger partial charge in [0, 0.05) is 24.5 Å². The topological polar surface area (TPSA) is 102 Å². The van der Waals surface area contributed by atoms with E-state index in [4.69, 9.17) is 10.4 Å². The third-order valence-corrected chi connectivity index (χ3v) is 6.95. The molecule has 1 atom stereocenters. The van der Waals surface area contributed by atoms with Gasteiger partial charge in [-0.1, -0.05) is 12.1 Å². The Kier molecular flexibility index (Phi) is 6.80. The first kappa shape index (κ1) is 21.2. The third-order valence-electron chi connectivity index (χ3n) is 5.35. The number of aliphatic hydroxyl groups is 1. The number of nitrogens with zero attached hydrogens (tertiary/aromatic N) is 2. The molecule has 1 heterocycles. The summed E-state index contributed by atoms with van der Waals surface area (Å²) in [4.78, 5) is 13.7. The maximum atomic E-state index is 12.6. The largest absolute Gasteiger partial charge is 0.478 e. The zero-order valence-electron chi connectivity index (χ0n) is 16.1. The predicted molar refractivity (Wildman–Crippen MR) is 110 cm³/mol. The number of carboxylic acids is 1. The van der Waals surface area contributed by atoms with Gasteiger partial charge in [0.05, 0.1) is 39.3 Å². The average Bonchev–Trinajstić information content (AvgIpc) is 2.73. The van der Waals surface area contributed by atoms with E-state index < -0.39 is 22.4 Å². The van der Waals surface area contributed by atoms with Crippen molar-refractivity contribution in [1.82, 2.24) is 4.90 Å². The van der Waals surface area contributed by atoms with Crippen LogP contribution >= 0.6 is 0 Å². The fourth-order valence-electron chi connectivity index (χ4n) is 3.45. The molecule has 0 saturated carbocycles. The number of piperidine rings is 1. The van der Waals surface area contributed by atoms with Crippen molar-refractivity contribution in [2.75, 3.05) is 25.4 Å². The number of rotatable bonds is 7. The summed E-state index contributed by atoms with van der Waals surface area (Å²) in [7, 11) is -1.38. The Balaban J connectivity index is 1.48. The maximum absolute atomic E-state index is 12.6. The van der Waals surface area contributed by atoms with Crippen molar-refractivity contribution < 1.29 is 19.2 Å². The summed E-state index contributed by atoms with van der Waals surface area (Å²) < 4.78 is 12.6. The smallest absolute Gasteiger partial charge is 0.335 e. The van der Waals surface area contributed by atoms with Crippen LogP contribution < -0.4 is 0 Å². The molecule has 1 aliphatic rings. The van der Waals surface area contributed by atoms with Crippen LogP contribution in [0, 0.1) is 11.3 Å². The van der Waals surface area contributed by atoms with Crippen LogP contribution in [0.3, 0.4) is 0 Å². The van der Waals surface area contributed by atoms with Gasteiger partial charge in [0.1, 0.15) is 0 Å². The van der Waals surface area contributed by atoms with Crippen LogP contribution in [0.25, 0.3) is 0 Å². The van der Waals surface area contributed by atoms with Gasteiger partial charge in [-0.05, 0) is 61.2 Å². The molecule has 29 heavy (non-hydrogen) atoms. The molecule has 0 amide bonds. The zero-order chi connectivity index (χ0) is 20.9. The second-order valence-corrected chi connectivity index (χ2v) is 8.90. The molecule has 3 rings (SSSR count). The minimum absolute atomic E-state index is 0.153. The van der Waals surface area contributed by atoms with Gasteiger partial charge in [0.2, 0.25) is 0 Å². The summed E-state index contributed by atoms with van der Waals surface area (Å²) in [5.41, 5.74) is 1.01. The lowest BCUT2D eigenvalue weighted by Gasteiger charge is -2.38. The van der Waals surface area contributed by atoms with Crippen molar-refractivity contribution in [2.24, 2.45) is 0 Å². The Morgan fingerprint density at radius 3 is 2.28 bits per heavy atom. The van der Waals surface area contributed by atoms with Crippen molar-refractivity contribution in [3.63, 3.8) is 0 Å². The van der Waals surface area contributed by atoms with E-state index in [1.807, 2.05) is 24.3 Å². The van der Waals surface area contributed by atoms with Crippen molar-refractivity contribution in [2.45, 2.75) is 29.8 Å². The number of likely N-dealkylation sites (tertiary alicyclic amines) is 1. The van der Waals surface area contributed by atoms with E-state index in [9.17, 15) is 14.1 Å². The van der Waals surface area contributed by atoms with Crippen LogP contribution in [0.15, 0.2) is 53.4 Å². The van der Waals surface area contributed by atoms with Crippen LogP contribution in [-0.4, -0.2) is 56.3 Å². The highest BCUT2D eigenvalue weighted by Gasteiger charge is 2.34. The molecule has 1 unspecified atom stereocenters. The molecule has 0 aliphatic carbocycles. The van der Waals surface area contributed by atoms with Gasteiger partial charge in [0.15, 0.2) is 0 Å². The third kappa shape index (κ3) is 5.73. The second-order valence-electron chi connectivity index (χ2n) is 7.44. The summed E-state index contributed by atoms with van der Waals surface area (Å²) in [6, 6.07) is 15.7. The van der Waals surface area contributed by atoms with Crippen LogP contribution in [0.1, 0.15) is 34.3 Å². The van der Waals surface area contributed by atoms with Crippen LogP contribution in [0.2, 0.25) is 0 Å². The normalized spacial score (nSPS) is 17.4. The first-order valence-electron chi connectivity index (χ1n) is 9.54. The summed E-state index contributed by atoms with van der Waals surface area (Å²) in [5, 5.41) is 28.7. The minimum Gasteiger partial charge on any atom is -0.478 e. The molecule has 0 aromatic heterocycles. The lowest BCUT2D eigenvalue weighted by Crippen LogP contribution is -2.47. The number of carboxylic acid groups (broad SMARTS) is 1. The van der Waals surface area contributed by atoms with Crippen LogP contribution in [0.5, 0.6) is 0 Å². The minimum atomic E-state index is -1.38. The van der Waals surface area contributed by atoms with Crippen molar-refractivity contribution in [3.8, 4) is 6.07 Å². The highest BCUT2D eigenvalue weighted by atomic mass is 32.2. The molecule has 152 valence electrons. The molecule has 0 bridgehead atoms. The Bertz CT molecular complexity index is 911. The van der Waals surface area contributed by atoms with E-state index in [2.05, 4.69) is 11.0 Å².